The van der Waals surface area contributed by atoms with Crippen LogP contribution < -0.4 is 17.0 Å². The van der Waals surface area contributed by atoms with Crippen molar-refractivity contribution in [1.29, 1.82) is 0 Å². The van der Waals surface area contributed by atoms with Crippen LogP contribution in [0, 0.1) is 6.43 Å². The standard InChI is InChI=1S/C5H11F2Si.BrH.Zn/c1-8(2,3)4-5(6)7;;/h4H2,1-3H3;1H;/p-1. The summed E-state index contributed by atoms with van der Waals surface area (Å²) in [5.74, 6) is 0. The first-order valence-electron chi connectivity index (χ1n) is 2.59. The Morgan fingerprint density at radius 2 is 1.50 bits per heavy atom. The van der Waals surface area contributed by atoms with Crippen molar-refractivity contribution in [1.82, 2.24) is 0 Å². The van der Waals surface area contributed by atoms with Gasteiger partial charge in [0.15, 0.2) is 0 Å². The van der Waals surface area contributed by atoms with Gasteiger partial charge in [-0.2, -0.15) is 0 Å². The molecule has 5 heteroatoms. The molecule has 0 saturated carbocycles. The third-order valence-electron chi connectivity index (χ3n) is 0.664. The van der Waals surface area contributed by atoms with Gasteiger partial charge in [-0.1, -0.05) is 19.6 Å². The van der Waals surface area contributed by atoms with Crippen molar-refractivity contribution in [2.45, 2.75) is 25.7 Å². The maximum Gasteiger partial charge on any atom is 0.307 e. The molecule has 0 aliphatic rings. The van der Waals surface area contributed by atoms with Crippen LogP contribution in [-0.4, -0.2) is 8.07 Å². The second-order valence-electron chi connectivity index (χ2n) is 3.08. The van der Waals surface area contributed by atoms with Crippen LogP contribution in [-0.2, 0) is 19.5 Å². The number of hydrogen-bond acceptors (Lipinski definition) is 0. The molecule has 0 nitrogen and oxygen atoms in total. The largest absolute Gasteiger partial charge is 1.00 e. The molecule has 0 saturated heterocycles. The first-order valence-corrected chi connectivity index (χ1v) is 6.29. The zero-order valence-electron chi connectivity index (χ0n) is 6.55. The summed E-state index contributed by atoms with van der Waals surface area (Å²) in [7, 11) is -1.51. The third-order valence-corrected chi connectivity index (χ3v) is 1.99. The van der Waals surface area contributed by atoms with Gasteiger partial charge in [0.25, 0.3) is 0 Å². The van der Waals surface area contributed by atoms with E-state index >= 15 is 0 Å². The molecule has 1 radical (unpaired) electrons. The molecule has 0 aliphatic carbocycles. The molecule has 0 amide bonds. The normalized spacial score (nSPS) is 10.2. The van der Waals surface area contributed by atoms with Crippen LogP contribution in [0.1, 0.15) is 0 Å². The van der Waals surface area contributed by atoms with Crippen molar-refractivity contribution in [2.24, 2.45) is 0 Å². The van der Waals surface area contributed by atoms with Gasteiger partial charge >= 0.3 is 6.43 Å². The summed E-state index contributed by atoms with van der Waals surface area (Å²) in [6, 6.07) is 0.0486. The Balaban J connectivity index is -0.000000245. The Hall–Kier alpha value is 1.18. The van der Waals surface area contributed by atoms with Gasteiger partial charge < -0.3 is 17.0 Å². The van der Waals surface area contributed by atoms with E-state index in [1.54, 1.807) is 0 Å². The van der Waals surface area contributed by atoms with Gasteiger partial charge in [0, 0.05) is 25.5 Å². The predicted octanol–water partition coefficient (Wildman–Crippen LogP) is -0.245. The molecule has 59 valence electrons. The minimum Gasteiger partial charge on any atom is -1.00 e. The van der Waals surface area contributed by atoms with E-state index in [1.165, 1.54) is 0 Å². The fourth-order valence-corrected chi connectivity index (χ4v) is 1.20. The van der Waals surface area contributed by atoms with E-state index in [4.69, 9.17) is 0 Å². The second-order valence-corrected chi connectivity index (χ2v) is 8.55. The average Bonchev–Trinajstić information content (AvgIpc) is 1.21. The van der Waals surface area contributed by atoms with Crippen molar-refractivity contribution in [3.05, 3.63) is 6.43 Å². The minimum atomic E-state index is -1.51. The first-order chi connectivity index (χ1) is 3.42. The fourth-order valence-electron chi connectivity index (χ4n) is 0.401. The van der Waals surface area contributed by atoms with Crippen LogP contribution in [0.15, 0.2) is 0 Å². The SMILES string of the molecule is C[Si](C)(C)C[C](F)F.[Br-].[Zn]. The quantitative estimate of drug-likeness (QED) is 0.613. The Bertz CT molecular complexity index is 74.5. The van der Waals surface area contributed by atoms with Gasteiger partial charge in [0.05, 0.1) is 8.07 Å². The predicted molar refractivity (Wildman–Crippen MR) is 33.6 cm³/mol. The van der Waals surface area contributed by atoms with Crippen LogP contribution in [0.3, 0.4) is 0 Å². The molecule has 0 aromatic carbocycles. The van der Waals surface area contributed by atoms with E-state index in [0.29, 0.717) is 0 Å². The molecular formula is C5H11BrF2SiZn-. The molecule has 0 atom stereocenters. The van der Waals surface area contributed by atoms with Crippen molar-refractivity contribution >= 4 is 8.07 Å². The molecule has 0 bridgehead atoms. The Kier molecular flexibility index (Phi) is 11.9. The molecule has 0 spiro atoms. The smallest absolute Gasteiger partial charge is 0.307 e. The van der Waals surface area contributed by atoms with Crippen molar-refractivity contribution in [3.63, 3.8) is 0 Å². The topological polar surface area (TPSA) is 0 Å². The number of rotatable bonds is 2. The molecule has 0 fully saturated rings. The molecule has 0 rings (SSSR count). The summed E-state index contributed by atoms with van der Waals surface area (Å²) in [4.78, 5) is 0. The van der Waals surface area contributed by atoms with Crippen molar-refractivity contribution in [3.8, 4) is 0 Å². The minimum absolute atomic E-state index is 0. The van der Waals surface area contributed by atoms with Crippen LogP contribution in [0.5, 0.6) is 0 Å². The van der Waals surface area contributed by atoms with Crippen LogP contribution in [0.2, 0.25) is 25.7 Å². The summed E-state index contributed by atoms with van der Waals surface area (Å²) in [5, 5.41) is 0. The van der Waals surface area contributed by atoms with E-state index in [-0.39, 0.29) is 42.5 Å². The van der Waals surface area contributed by atoms with Crippen molar-refractivity contribution < 1.29 is 45.2 Å². The van der Waals surface area contributed by atoms with Gasteiger partial charge in [-0.15, -0.1) is 0 Å². The maximum absolute atomic E-state index is 11.5. The van der Waals surface area contributed by atoms with Gasteiger partial charge in [-0.3, -0.25) is 0 Å². The Morgan fingerprint density at radius 1 is 1.20 bits per heavy atom. The molecule has 0 aromatic heterocycles. The summed E-state index contributed by atoms with van der Waals surface area (Å²) >= 11 is 0. The van der Waals surface area contributed by atoms with Gasteiger partial charge in [0.1, 0.15) is 0 Å². The number of halogens is 3. The van der Waals surface area contributed by atoms with E-state index in [2.05, 4.69) is 0 Å². The fraction of sp³-hybridized carbons (Fsp3) is 0.800. The van der Waals surface area contributed by atoms with E-state index in [1.807, 2.05) is 19.6 Å². The van der Waals surface area contributed by atoms with Crippen LogP contribution >= 0.6 is 0 Å². The molecule has 0 N–H and O–H groups in total. The van der Waals surface area contributed by atoms with Gasteiger partial charge in [-0.05, 0) is 0 Å². The molecule has 0 heterocycles. The van der Waals surface area contributed by atoms with Gasteiger partial charge in [-0.25, -0.2) is 8.78 Å². The maximum atomic E-state index is 11.5. The molecule has 0 unspecified atom stereocenters. The Morgan fingerprint density at radius 3 is 1.50 bits per heavy atom. The summed E-state index contributed by atoms with van der Waals surface area (Å²) in [5.41, 5.74) is 0. The van der Waals surface area contributed by atoms with Crippen LogP contribution in [0.4, 0.5) is 8.78 Å². The molecule has 0 aromatic rings. The van der Waals surface area contributed by atoms with Crippen molar-refractivity contribution in [2.75, 3.05) is 0 Å². The summed E-state index contributed by atoms with van der Waals surface area (Å²) in [6.07, 6.45) is -1.41. The molecule has 10 heavy (non-hydrogen) atoms. The van der Waals surface area contributed by atoms with E-state index in [9.17, 15) is 8.78 Å². The van der Waals surface area contributed by atoms with Crippen LogP contribution in [0.25, 0.3) is 0 Å². The zero-order valence-corrected chi connectivity index (χ0v) is 12.1. The zero-order chi connectivity index (χ0) is 6.78. The monoisotopic (exact) mass is 280 g/mol. The average molecular weight is 283 g/mol. The molecule has 0 aliphatic heterocycles. The first kappa shape index (κ1) is 17.3. The second kappa shape index (κ2) is 6.86. The van der Waals surface area contributed by atoms with E-state index in [0.717, 1.165) is 0 Å². The molecular weight excluding hydrogens is 271 g/mol. The summed E-state index contributed by atoms with van der Waals surface area (Å²) < 4.78 is 23.0. The van der Waals surface area contributed by atoms with Gasteiger partial charge in [0.2, 0.25) is 0 Å². The Labute approximate surface area is 85.3 Å². The number of hydrogen-bond donors (Lipinski definition) is 0. The third kappa shape index (κ3) is 16.1. The van der Waals surface area contributed by atoms with E-state index < -0.39 is 14.5 Å². The summed E-state index contributed by atoms with van der Waals surface area (Å²) in [6.45, 7) is 5.77.